The number of nitrogens with one attached hydrogen (secondary N) is 1. The van der Waals surface area contributed by atoms with Crippen molar-refractivity contribution < 1.29 is 8.42 Å². The summed E-state index contributed by atoms with van der Waals surface area (Å²) in [5, 5.41) is 2.85. The number of hydrogen-bond acceptors (Lipinski definition) is 3. The molecule has 1 saturated heterocycles. The van der Waals surface area contributed by atoms with Crippen molar-refractivity contribution in [1.82, 2.24) is 9.62 Å². The fraction of sp³-hybridized carbons (Fsp3) is 1.00. The third-order valence-electron chi connectivity index (χ3n) is 3.38. The van der Waals surface area contributed by atoms with Crippen LogP contribution in [0.5, 0.6) is 0 Å². The lowest BCUT2D eigenvalue weighted by molar-refractivity contribution is 0.396. The Morgan fingerprint density at radius 3 is 2.29 bits per heavy atom. The van der Waals surface area contributed by atoms with Crippen LogP contribution in [0.15, 0.2) is 0 Å². The molecule has 1 rings (SSSR count). The van der Waals surface area contributed by atoms with E-state index in [0.717, 1.165) is 6.42 Å². The van der Waals surface area contributed by atoms with Gasteiger partial charge in [0.25, 0.3) is 0 Å². The molecule has 3 atom stereocenters. The molecule has 3 unspecified atom stereocenters. The quantitative estimate of drug-likeness (QED) is 0.815. The summed E-state index contributed by atoms with van der Waals surface area (Å²) in [7, 11) is -3.15. The summed E-state index contributed by atoms with van der Waals surface area (Å²) in [4.78, 5) is 0. The minimum atomic E-state index is -3.15. The van der Waals surface area contributed by atoms with Crippen LogP contribution in [-0.2, 0) is 10.0 Å². The summed E-state index contributed by atoms with van der Waals surface area (Å²) < 4.78 is 26.5. The highest BCUT2D eigenvalue weighted by Crippen LogP contribution is 2.27. The van der Waals surface area contributed by atoms with Crippen molar-refractivity contribution in [3.63, 3.8) is 0 Å². The maximum atomic E-state index is 12.4. The zero-order valence-electron chi connectivity index (χ0n) is 11.6. The van der Waals surface area contributed by atoms with Crippen molar-refractivity contribution in [2.75, 3.05) is 13.1 Å². The normalized spacial score (nSPS) is 28.8. The second kappa shape index (κ2) is 5.67. The van der Waals surface area contributed by atoms with E-state index in [0.29, 0.717) is 25.0 Å². The Labute approximate surface area is 106 Å². The van der Waals surface area contributed by atoms with Crippen molar-refractivity contribution in [3.05, 3.63) is 0 Å². The molecule has 0 aromatic heterocycles. The monoisotopic (exact) mass is 262 g/mol. The molecule has 0 aromatic rings. The van der Waals surface area contributed by atoms with Gasteiger partial charge in [-0.2, -0.15) is 4.31 Å². The average Bonchev–Trinajstić information content (AvgIpc) is 2.54. The molecule has 1 fully saturated rings. The van der Waals surface area contributed by atoms with Crippen LogP contribution < -0.4 is 5.32 Å². The molecule has 17 heavy (non-hydrogen) atoms. The zero-order chi connectivity index (χ0) is 13.2. The van der Waals surface area contributed by atoms with Gasteiger partial charge in [-0.25, -0.2) is 8.42 Å². The summed E-state index contributed by atoms with van der Waals surface area (Å²) >= 11 is 0. The summed E-state index contributed by atoms with van der Waals surface area (Å²) in [6.45, 7) is 11.2. The van der Waals surface area contributed by atoms with Gasteiger partial charge in [-0.3, -0.25) is 0 Å². The first kappa shape index (κ1) is 14.9. The van der Waals surface area contributed by atoms with Crippen LogP contribution in [0.25, 0.3) is 0 Å². The first-order valence-corrected chi connectivity index (χ1v) is 7.99. The summed E-state index contributed by atoms with van der Waals surface area (Å²) in [5.41, 5.74) is 0. The van der Waals surface area contributed by atoms with E-state index in [9.17, 15) is 8.42 Å². The number of sulfonamides is 1. The highest BCUT2D eigenvalue weighted by molar-refractivity contribution is 7.89. The molecular formula is C12H26N2O2S. The van der Waals surface area contributed by atoms with Crippen LogP contribution in [0.4, 0.5) is 0 Å². The van der Waals surface area contributed by atoms with E-state index in [1.165, 1.54) is 0 Å². The van der Waals surface area contributed by atoms with Crippen LogP contribution in [0.1, 0.15) is 41.0 Å². The standard InChI is InChI=1S/C12H26N2O2S/c1-9(2)13-7-12(5)17(15,16)14-8-10(3)6-11(14)4/h9-13H,6-8H2,1-5H3. The lowest BCUT2D eigenvalue weighted by Crippen LogP contribution is -2.44. The van der Waals surface area contributed by atoms with Crippen molar-refractivity contribution in [2.45, 2.75) is 58.4 Å². The molecule has 0 aromatic carbocycles. The van der Waals surface area contributed by atoms with Gasteiger partial charge < -0.3 is 5.32 Å². The van der Waals surface area contributed by atoms with Gasteiger partial charge in [-0.05, 0) is 26.2 Å². The lowest BCUT2D eigenvalue weighted by Gasteiger charge is -2.25. The third-order valence-corrected chi connectivity index (χ3v) is 5.72. The Bertz CT molecular complexity index is 340. The molecule has 1 aliphatic heterocycles. The van der Waals surface area contributed by atoms with Crippen molar-refractivity contribution in [3.8, 4) is 0 Å². The molecule has 4 nitrogen and oxygen atoms in total. The molecule has 102 valence electrons. The molecule has 0 bridgehead atoms. The second-order valence-electron chi connectivity index (χ2n) is 5.68. The maximum absolute atomic E-state index is 12.4. The van der Waals surface area contributed by atoms with Crippen molar-refractivity contribution in [1.29, 1.82) is 0 Å². The predicted octanol–water partition coefficient (Wildman–Crippen LogP) is 1.43. The molecule has 0 amide bonds. The van der Waals surface area contributed by atoms with Gasteiger partial charge in [-0.15, -0.1) is 0 Å². The van der Waals surface area contributed by atoms with Crippen LogP contribution in [0, 0.1) is 5.92 Å². The molecule has 1 N–H and O–H groups in total. The van der Waals surface area contributed by atoms with Crippen LogP contribution in [0.3, 0.4) is 0 Å². The van der Waals surface area contributed by atoms with E-state index in [1.807, 2.05) is 20.8 Å². The second-order valence-corrected chi connectivity index (χ2v) is 7.98. The summed E-state index contributed by atoms with van der Waals surface area (Å²) in [6, 6.07) is 0.471. The SMILES string of the molecule is CC1CC(C)N(S(=O)(=O)C(C)CNC(C)C)C1. The Hall–Kier alpha value is -0.130. The Kier molecular flexibility index (Phi) is 4.98. The maximum Gasteiger partial charge on any atom is 0.218 e. The van der Waals surface area contributed by atoms with Gasteiger partial charge in [0.2, 0.25) is 10.0 Å². The first-order chi connectivity index (χ1) is 7.75. The number of nitrogens with zero attached hydrogens (tertiary/aromatic N) is 1. The van der Waals surface area contributed by atoms with E-state index in [-0.39, 0.29) is 11.3 Å². The first-order valence-electron chi connectivity index (χ1n) is 6.49. The van der Waals surface area contributed by atoms with E-state index < -0.39 is 10.0 Å². The minimum Gasteiger partial charge on any atom is -0.313 e. The third kappa shape index (κ3) is 3.66. The van der Waals surface area contributed by atoms with Gasteiger partial charge in [0.1, 0.15) is 0 Å². The molecule has 5 heteroatoms. The Balaban J connectivity index is 2.67. The summed E-state index contributed by atoms with van der Waals surface area (Å²) in [5.74, 6) is 0.477. The number of hydrogen-bond donors (Lipinski definition) is 1. The van der Waals surface area contributed by atoms with Gasteiger partial charge >= 0.3 is 0 Å². The Morgan fingerprint density at radius 2 is 1.88 bits per heavy atom. The highest BCUT2D eigenvalue weighted by atomic mass is 32.2. The molecule has 1 heterocycles. The van der Waals surface area contributed by atoms with Crippen LogP contribution >= 0.6 is 0 Å². The molecule has 0 aliphatic carbocycles. The fourth-order valence-electron chi connectivity index (χ4n) is 2.35. The molecule has 0 saturated carbocycles. The molecule has 0 radical (unpaired) electrons. The fourth-order valence-corrected chi connectivity index (χ4v) is 4.17. The van der Waals surface area contributed by atoms with Gasteiger partial charge in [0.05, 0.1) is 5.25 Å². The minimum absolute atomic E-state index is 0.150. The van der Waals surface area contributed by atoms with E-state index in [2.05, 4.69) is 12.2 Å². The van der Waals surface area contributed by atoms with Crippen molar-refractivity contribution >= 4 is 10.0 Å². The van der Waals surface area contributed by atoms with Crippen LogP contribution in [0.2, 0.25) is 0 Å². The van der Waals surface area contributed by atoms with Crippen molar-refractivity contribution in [2.24, 2.45) is 5.92 Å². The lowest BCUT2D eigenvalue weighted by atomic mass is 10.1. The molecule has 0 spiro atoms. The topological polar surface area (TPSA) is 49.4 Å². The molecular weight excluding hydrogens is 236 g/mol. The largest absolute Gasteiger partial charge is 0.313 e. The van der Waals surface area contributed by atoms with E-state index in [4.69, 9.17) is 0 Å². The van der Waals surface area contributed by atoms with E-state index in [1.54, 1.807) is 11.2 Å². The number of rotatable bonds is 5. The molecule has 1 aliphatic rings. The average molecular weight is 262 g/mol. The van der Waals surface area contributed by atoms with Crippen LogP contribution in [-0.4, -0.2) is 43.1 Å². The van der Waals surface area contributed by atoms with Gasteiger partial charge in [-0.1, -0.05) is 20.8 Å². The predicted molar refractivity (Wildman–Crippen MR) is 71.5 cm³/mol. The van der Waals surface area contributed by atoms with E-state index >= 15 is 0 Å². The smallest absolute Gasteiger partial charge is 0.218 e. The Morgan fingerprint density at radius 1 is 1.29 bits per heavy atom. The van der Waals surface area contributed by atoms with Gasteiger partial charge in [0, 0.05) is 25.2 Å². The summed E-state index contributed by atoms with van der Waals surface area (Å²) in [6.07, 6.45) is 0.976. The van der Waals surface area contributed by atoms with Gasteiger partial charge in [0.15, 0.2) is 0 Å². The highest BCUT2D eigenvalue weighted by Gasteiger charge is 2.37. The zero-order valence-corrected chi connectivity index (χ0v) is 12.4.